The van der Waals surface area contributed by atoms with Crippen LogP contribution in [0.2, 0.25) is 0 Å². The molecule has 0 fully saturated rings. The normalized spacial score (nSPS) is 11.6. The van der Waals surface area contributed by atoms with E-state index in [9.17, 15) is 0 Å². The average Bonchev–Trinajstić information content (AvgIpc) is 3.45. The molecular weight excluding hydrogens is 556 g/mol. The minimum Gasteiger partial charge on any atom is -0.234 e. The van der Waals surface area contributed by atoms with Gasteiger partial charge in [-0.15, -0.1) is 0 Å². The maximum atomic E-state index is 2.65. The van der Waals surface area contributed by atoms with Crippen LogP contribution in [0.5, 0.6) is 0 Å². The highest BCUT2D eigenvalue weighted by Crippen LogP contribution is 2.16. The van der Waals surface area contributed by atoms with Gasteiger partial charge >= 0.3 is 0 Å². The fraction of sp³-hybridized carbons (Fsp3) is 0.932. The van der Waals surface area contributed by atoms with Crippen LogP contribution < -0.4 is 4.57 Å². The summed E-state index contributed by atoms with van der Waals surface area (Å²) in [5.41, 5.74) is 0. The number of unbranched alkanes of at least 4 members (excludes halogenated alkanes) is 32. The molecule has 0 amide bonds. The van der Waals surface area contributed by atoms with Gasteiger partial charge in [0.15, 0.2) is 0 Å². The van der Waals surface area contributed by atoms with Crippen molar-refractivity contribution in [3.8, 4) is 0 Å². The molecule has 0 atom stereocenters. The van der Waals surface area contributed by atoms with Crippen LogP contribution in [0.1, 0.15) is 251 Å². The fourth-order valence-corrected chi connectivity index (χ4v) is 7.39. The summed E-state index contributed by atoms with van der Waals surface area (Å²) in [6.45, 7) is 9.41. The molecule has 0 aliphatic heterocycles. The van der Waals surface area contributed by atoms with Gasteiger partial charge in [0.25, 0.3) is 5.82 Å². The van der Waals surface area contributed by atoms with Crippen LogP contribution in [0.15, 0.2) is 12.4 Å². The quantitative estimate of drug-likeness (QED) is 0.0501. The lowest BCUT2D eigenvalue weighted by Gasteiger charge is -2.07. The molecule has 272 valence electrons. The van der Waals surface area contributed by atoms with E-state index in [1.165, 1.54) is 244 Å². The molecular formula is C44H87N2+. The summed E-state index contributed by atoms with van der Waals surface area (Å²) in [4.78, 5) is 0. The van der Waals surface area contributed by atoms with Crippen LogP contribution in [-0.2, 0) is 19.5 Å². The molecule has 0 saturated carbocycles. The van der Waals surface area contributed by atoms with Gasteiger partial charge in [0.05, 0.1) is 13.1 Å². The van der Waals surface area contributed by atoms with Crippen molar-refractivity contribution >= 4 is 0 Å². The Balaban J connectivity index is 2.28. The van der Waals surface area contributed by atoms with E-state index in [0.29, 0.717) is 0 Å². The molecule has 0 spiro atoms. The lowest BCUT2D eigenvalue weighted by atomic mass is 10.0. The Morgan fingerprint density at radius 2 is 0.674 bits per heavy atom. The van der Waals surface area contributed by atoms with Gasteiger partial charge in [-0.2, -0.15) is 0 Å². The molecule has 2 nitrogen and oxygen atoms in total. The summed E-state index contributed by atoms with van der Waals surface area (Å²) in [5.74, 6) is 1.63. The van der Waals surface area contributed by atoms with E-state index in [1.54, 1.807) is 5.82 Å². The topological polar surface area (TPSA) is 8.81 Å². The summed E-state index contributed by atoms with van der Waals surface area (Å²) < 4.78 is 5.29. The molecule has 46 heavy (non-hydrogen) atoms. The predicted octanol–water partition coefficient (Wildman–Crippen LogP) is 15.0. The molecule has 0 saturated heterocycles. The number of rotatable bonds is 38. The van der Waals surface area contributed by atoms with Crippen molar-refractivity contribution < 1.29 is 4.57 Å². The molecule has 1 rings (SSSR count). The first-order valence-electron chi connectivity index (χ1n) is 21.9. The highest BCUT2D eigenvalue weighted by Gasteiger charge is 2.16. The highest BCUT2D eigenvalue weighted by molar-refractivity contribution is 4.84. The molecule has 0 aliphatic carbocycles. The second kappa shape index (κ2) is 35.5. The van der Waals surface area contributed by atoms with E-state index in [0.717, 1.165) is 0 Å². The molecule has 0 aliphatic rings. The van der Waals surface area contributed by atoms with Crippen LogP contribution in [0.3, 0.4) is 0 Å². The van der Waals surface area contributed by atoms with E-state index in [-0.39, 0.29) is 0 Å². The molecule has 1 aromatic heterocycles. The zero-order chi connectivity index (χ0) is 33.0. The van der Waals surface area contributed by atoms with Gasteiger partial charge in [-0.05, 0) is 32.1 Å². The Kier molecular flexibility index (Phi) is 33.4. The summed E-state index contributed by atoms with van der Waals surface area (Å²) >= 11 is 0. The van der Waals surface area contributed by atoms with Crippen LogP contribution in [0.25, 0.3) is 0 Å². The van der Waals surface area contributed by atoms with Crippen LogP contribution in [0.4, 0.5) is 0 Å². The van der Waals surface area contributed by atoms with Gasteiger partial charge in [-0.25, -0.2) is 9.13 Å². The van der Waals surface area contributed by atoms with Crippen molar-refractivity contribution in [2.75, 3.05) is 0 Å². The lowest BCUT2D eigenvalue weighted by Crippen LogP contribution is -2.37. The van der Waals surface area contributed by atoms with Gasteiger partial charge in [0.2, 0.25) is 0 Å². The third-order valence-corrected chi connectivity index (χ3v) is 10.6. The number of hydrogen-bond donors (Lipinski definition) is 0. The third-order valence-electron chi connectivity index (χ3n) is 10.6. The van der Waals surface area contributed by atoms with Gasteiger partial charge in [0, 0.05) is 6.42 Å². The molecule has 2 heteroatoms. The van der Waals surface area contributed by atoms with Crippen LogP contribution >= 0.6 is 0 Å². The molecule has 0 unspecified atom stereocenters. The molecule has 0 radical (unpaired) electrons. The summed E-state index contributed by atoms with van der Waals surface area (Å²) in [7, 11) is 0. The maximum Gasteiger partial charge on any atom is 0.256 e. The number of nitrogens with zero attached hydrogens (tertiary/aromatic N) is 2. The standard InChI is InChI=1S/C44H87N2/c1-4-7-10-13-16-19-22-24-26-29-32-35-38-41-46-43-42-45(40-37-34-31-28-25-23-20-17-14-11-8-5-2)44(46)39-36-33-30-27-21-18-15-12-9-6-3/h42-43H,4-41H2,1-3H3/q+1. The summed E-state index contributed by atoms with van der Waals surface area (Å²) in [6.07, 6.45) is 56.3. The summed E-state index contributed by atoms with van der Waals surface area (Å²) in [6, 6.07) is 0. The van der Waals surface area contributed by atoms with Gasteiger partial charge < -0.3 is 0 Å². The first-order valence-corrected chi connectivity index (χ1v) is 21.9. The number of imidazole rings is 1. The second-order valence-corrected chi connectivity index (χ2v) is 15.2. The number of hydrogen-bond acceptors (Lipinski definition) is 0. The van der Waals surface area contributed by atoms with E-state index in [2.05, 4.69) is 42.3 Å². The Hall–Kier alpha value is -0.790. The largest absolute Gasteiger partial charge is 0.256 e. The third kappa shape index (κ3) is 27.2. The Labute approximate surface area is 291 Å². The second-order valence-electron chi connectivity index (χ2n) is 15.2. The number of aromatic nitrogens is 2. The SMILES string of the molecule is CCCCCCCCCCCCCCC[n+]1ccn(CCCCCCCCCCCCCC)c1CCCCCCCCCCCC. The first-order chi connectivity index (χ1) is 22.8. The monoisotopic (exact) mass is 644 g/mol. The van der Waals surface area contributed by atoms with E-state index < -0.39 is 0 Å². The van der Waals surface area contributed by atoms with Crippen LogP contribution in [-0.4, -0.2) is 4.57 Å². The number of aryl methyl sites for hydroxylation is 2. The van der Waals surface area contributed by atoms with Crippen molar-refractivity contribution in [3.63, 3.8) is 0 Å². The zero-order valence-electron chi connectivity index (χ0n) is 32.4. The molecule has 0 aromatic carbocycles. The smallest absolute Gasteiger partial charge is 0.234 e. The highest BCUT2D eigenvalue weighted by atomic mass is 15.1. The minimum atomic E-state index is 1.23. The van der Waals surface area contributed by atoms with Crippen molar-refractivity contribution in [3.05, 3.63) is 18.2 Å². The fourth-order valence-electron chi connectivity index (χ4n) is 7.39. The minimum absolute atomic E-state index is 1.23. The predicted molar refractivity (Wildman–Crippen MR) is 207 cm³/mol. The zero-order valence-corrected chi connectivity index (χ0v) is 32.4. The first kappa shape index (κ1) is 43.2. The lowest BCUT2D eigenvalue weighted by molar-refractivity contribution is -0.704. The van der Waals surface area contributed by atoms with Gasteiger partial charge in [0.1, 0.15) is 12.4 Å². The van der Waals surface area contributed by atoms with Crippen molar-refractivity contribution in [2.45, 2.75) is 265 Å². The van der Waals surface area contributed by atoms with Crippen LogP contribution in [0, 0.1) is 0 Å². The Morgan fingerprint density at radius 1 is 0.370 bits per heavy atom. The van der Waals surface area contributed by atoms with Crippen molar-refractivity contribution in [1.29, 1.82) is 0 Å². The van der Waals surface area contributed by atoms with Gasteiger partial charge in [-0.3, -0.25) is 0 Å². The molecule has 1 heterocycles. The average molecular weight is 644 g/mol. The van der Waals surface area contributed by atoms with E-state index in [1.807, 2.05) is 0 Å². The summed E-state index contributed by atoms with van der Waals surface area (Å²) in [5, 5.41) is 0. The van der Waals surface area contributed by atoms with E-state index >= 15 is 0 Å². The molecule has 0 N–H and O–H groups in total. The van der Waals surface area contributed by atoms with Crippen molar-refractivity contribution in [1.82, 2.24) is 4.57 Å². The Morgan fingerprint density at radius 3 is 1.04 bits per heavy atom. The Bertz CT molecular complexity index is 707. The molecule has 1 aromatic rings. The molecule has 0 bridgehead atoms. The van der Waals surface area contributed by atoms with Crippen molar-refractivity contribution in [2.24, 2.45) is 0 Å². The maximum absolute atomic E-state index is 2.65. The van der Waals surface area contributed by atoms with Gasteiger partial charge in [-0.1, -0.05) is 213 Å². The van der Waals surface area contributed by atoms with E-state index in [4.69, 9.17) is 0 Å².